The Morgan fingerprint density at radius 3 is 2.78 bits per heavy atom. The molecule has 2 rings (SSSR count). The number of rotatable bonds is 5. The average Bonchev–Trinajstić information content (AvgIpc) is 3.07. The number of hydrogen-bond acceptors (Lipinski definition) is 1. The molecule has 98 valence electrons. The SMILES string of the molecule is O=C(NCC1(CCCl)CC1)c1c(F)cccc1Br. The highest BCUT2D eigenvalue weighted by molar-refractivity contribution is 9.10. The van der Waals surface area contributed by atoms with Crippen molar-refractivity contribution in [2.75, 3.05) is 12.4 Å². The Labute approximate surface area is 119 Å². The van der Waals surface area contributed by atoms with Crippen LogP contribution in [-0.2, 0) is 0 Å². The van der Waals surface area contributed by atoms with Crippen LogP contribution in [0.5, 0.6) is 0 Å². The van der Waals surface area contributed by atoms with Crippen molar-refractivity contribution in [3.8, 4) is 0 Å². The van der Waals surface area contributed by atoms with Crippen molar-refractivity contribution in [2.24, 2.45) is 5.41 Å². The molecule has 1 aliphatic carbocycles. The molecular weight excluding hydrogens is 321 g/mol. The van der Waals surface area contributed by atoms with Crippen molar-refractivity contribution in [1.29, 1.82) is 0 Å². The zero-order valence-corrected chi connectivity index (χ0v) is 12.2. The highest BCUT2D eigenvalue weighted by atomic mass is 79.9. The summed E-state index contributed by atoms with van der Waals surface area (Å²) in [6.45, 7) is 0.569. The molecule has 0 atom stereocenters. The summed E-state index contributed by atoms with van der Waals surface area (Å²) in [4.78, 5) is 12.0. The standard InChI is InChI=1S/C13H14BrClFNO/c14-9-2-1-3-10(16)11(9)12(18)17-8-13(4-5-13)6-7-15/h1-3H,4-8H2,(H,17,18). The fraction of sp³-hybridized carbons (Fsp3) is 0.462. The van der Waals surface area contributed by atoms with E-state index in [0.29, 0.717) is 16.9 Å². The van der Waals surface area contributed by atoms with Gasteiger partial charge in [0.25, 0.3) is 5.91 Å². The van der Waals surface area contributed by atoms with Gasteiger partial charge in [0, 0.05) is 16.9 Å². The molecule has 0 saturated heterocycles. The van der Waals surface area contributed by atoms with Crippen molar-refractivity contribution in [3.05, 3.63) is 34.1 Å². The van der Waals surface area contributed by atoms with E-state index in [1.165, 1.54) is 6.07 Å². The first-order chi connectivity index (χ1) is 8.58. The molecule has 1 saturated carbocycles. The van der Waals surface area contributed by atoms with Crippen LogP contribution in [0, 0.1) is 11.2 Å². The summed E-state index contributed by atoms with van der Waals surface area (Å²) in [6, 6.07) is 4.50. The van der Waals surface area contributed by atoms with E-state index in [4.69, 9.17) is 11.6 Å². The molecule has 0 heterocycles. The van der Waals surface area contributed by atoms with Crippen LogP contribution in [0.4, 0.5) is 4.39 Å². The Kier molecular flexibility index (Phi) is 4.28. The predicted molar refractivity (Wildman–Crippen MR) is 73.4 cm³/mol. The van der Waals surface area contributed by atoms with Crippen molar-refractivity contribution >= 4 is 33.4 Å². The molecule has 5 heteroatoms. The maximum atomic E-state index is 13.6. The van der Waals surface area contributed by atoms with Gasteiger partial charge in [0.15, 0.2) is 0 Å². The minimum atomic E-state index is -0.510. The van der Waals surface area contributed by atoms with Crippen LogP contribution in [0.25, 0.3) is 0 Å². The molecular formula is C13H14BrClFNO. The van der Waals surface area contributed by atoms with Crippen LogP contribution in [-0.4, -0.2) is 18.3 Å². The van der Waals surface area contributed by atoms with Gasteiger partial charge in [0.1, 0.15) is 5.82 Å². The van der Waals surface area contributed by atoms with Gasteiger partial charge in [-0.05, 0) is 52.7 Å². The van der Waals surface area contributed by atoms with Gasteiger partial charge >= 0.3 is 0 Å². The van der Waals surface area contributed by atoms with E-state index in [0.717, 1.165) is 19.3 Å². The summed E-state index contributed by atoms with van der Waals surface area (Å²) in [7, 11) is 0. The Balaban J connectivity index is 2.00. The number of benzene rings is 1. The van der Waals surface area contributed by atoms with Gasteiger partial charge in [-0.1, -0.05) is 6.07 Å². The van der Waals surface area contributed by atoms with E-state index in [2.05, 4.69) is 21.2 Å². The maximum Gasteiger partial charge on any atom is 0.255 e. The number of hydrogen-bond donors (Lipinski definition) is 1. The quantitative estimate of drug-likeness (QED) is 0.817. The van der Waals surface area contributed by atoms with Gasteiger partial charge in [0.2, 0.25) is 0 Å². The second-order valence-electron chi connectivity index (χ2n) is 4.72. The van der Waals surface area contributed by atoms with Gasteiger partial charge in [-0.2, -0.15) is 0 Å². The van der Waals surface area contributed by atoms with Crippen LogP contribution >= 0.6 is 27.5 Å². The van der Waals surface area contributed by atoms with Crippen molar-refractivity contribution in [2.45, 2.75) is 19.3 Å². The summed E-state index contributed by atoms with van der Waals surface area (Å²) >= 11 is 8.92. The lowest BCUT2D eigenvalue weighted by molar-refractivity contribution is 0.0939. The second kappa shape index (κ2) is 5.57. The first-order valence-corrected chi connectivity index (χ1v) is 7.19. The van der Waals surface area contributed by atoms with Gasteiger partial charge in [-0.25, -0.2) is 4.39 Å². The van der Waals surface area contributed by atoms with Crippen molar-refractivity contribution in [1.82, 2.24) is 5.32 Å². The molecule has 1 amide bonds. The lowest BCUT2D eigenvalue weighted by Gasteiger charge is -2.15. The second-order valence-corrected chi connectivity index (χ2v) is 5.95. The number of amides is 1. The number of nitrogens with one attached hydrogen (secondary N) is 1. The third-order valence-corrected chi connectivity index (χ3v) is 4.25. The maximum absolute atomic E-state index is 13.6. The smallest absolute Gasteiger partial charge is 0.255 e. The van der Waals surface area contributed by atoms with Crippen LogP contribution in [0.15, 0.2) is 22.7 Å². The minimum Gasteiger partial charge on any atom is -0.351 e. The van der Waals surface area contributed by atoms with Gasteiger partial charge in [0.05, 0.1) is 5.56 Å². The Morgan fingerprint density at radius 1 is 1.50 bits per heavy atom. The molecule has 0 aromatic heterocycles. The molecule has 1 aliphatic rings. The molecule has 0 unspecified atom stereocenters. The molecule has 1 aromatic carbocycles. The van der Waals surface area contributed by atoms with E-state index < -0.39 is 5.82 Å². The molecule has 0 bridgehead atoms. The first-order valence-electron chi connectivity index (χ1n) is 5.86. The van der Waals surface area contributed by atoms with E-state index in [1.54, 1.807) is 12.1 Å². The summed E-state index contributed by atoms with van der Waals surface area (Å²) < 4.78 is 14.0. The molecule has 0 aliphatic heterocycles. The molecule has 18 heavy (non-hydrogen) atoms. The molecule has 2 nitrogen and oxygen atoms in total. The number of carbonyl (C=O) groups excluding carboxylic acids is 1. The highest BCUT2D eigenvalue weighted by Crippen LogP contribution is 2.48. The molecule has 1 N–H and O–H groups in total. The average molecular weight is 335 g/mol. The van der Waals surface area contributed by atoms with Crippen LogP contribution in [0.2, 0.25) is 0 Å². The minimum absolute atomic E-state index is 0.0687. The normalized spacial score (nSPS) is 16.4. The van der Waals surface area contributed by atoms with Gasteiger partial charge in [-0.15, -0.1) is 11.6 Å². The zero-order chi connectivity index (χ0) is 13.2. The summed E-state index contributed by atoms with van der Waals surface area (Å²) in [5.41, 5.74) is 0.217. The zero-order valence-electron chi connectivity index (χ0n) is 9.81. The summed E-state index contributed by atoms with van der Waals surface area (Å²) in [5, 5.41) is 2.80. The van der Waals surface area contributed by atoms with E-state index in [9.17, 15) is 9.18 Å². The van der Waals surface area contributed by atoms with Crippen LogP contribution in [0.1, 0.15) is 29.6 Å². The highest BCUT2D eigenvalue weighted by Gasteiger charge is 2.41. The lowest BCUT2D eigenvalue weighted by Crippen LogP contribution is -2.31. The first kappa shape index (κ1) is 13.8. The Bertz CT molecular complexity index is 442. The fourth-order valence-electron chi connectivity index (χ4n) is 1.96. The van der Waals surface area contributed by atoms with Crippen molar-refractivity contribution in [3.63, 3.8) is 0 Å². The Morgan fingerprint density at radius 2 is 2.22 bits per heavy atom. The molecule has 1 aromatic rings. The van der Waals surface area contributed by atoms with Crippen molar-refractivity contribution < 1.29 is 9.18 Å². The summed E-state index contributed by atoms with van der Waals surface area (Å²) in [5.74, 6) is -0.288. The van der Waals surface area contributed by atoms with E-state index in [1.807, 2.05) is 0 Å². The lowest BCUT2D eigenvalue weighted by atomic mass is 10.0. The number of alkyl halides is 1. The van der Waals surface area contributed by atoms with Gasteiger partial charge in [-0.3, -0.25) is 4.79 Å². The monoisotopic (exact) mass is 333 g/mol. The summed E-state index contributed by atoms with van der Waals surface area (Å²) in [6.07, 6.45) is 3.06. The Hall–Kier alpha value is -0.610. The molecule has 0 spiro atoms. The van der Waals surface area contributed by atoms with E-state index >= 15 is 0 Å². The predicted octanol–water partition coefficient (Wildman–Crippen LogP) is 3.73. The third-order valence-electron chi connectivity index (χ3n) is 3.40. The van der Waals surface area contributed by atoms with Crippen LogP contribution < -0.4 is 5.32 Å². The van der Waals surface area contributed by atoms with Gasteiger partial charge < -0.3 is 5.32 Å². The fourth-order valence-corrected chi connectivity index (χ4v) is 2.89. The topological polar surface area (TPSA) is 29.1 Å². The molecule has 1 fully saturated rings. The molecule has 0 radical (unpaired) electrons. The number of carbonyl (C=O) groups is 1. The third kappa shape index (κ3) is 3.04. The largest absolute Gasteiger partial charge is 0.351 e. The van der Waals surface area contributed by atoms with Crippen LogP contribution in [0.3, 0.4) is 0 Å². The number of halogens is 3. The van der Waals surface area contributed by atoms with E-state index in [-0.39, 0.29) is 16.9 Å².